The third-order valence-electron chi connectivity index (χ3n) is 4.17. The summed E-state index contributed by atoms with van der Waals surface area (Å²) in [5.74, 6) is 0.486. The van der Waals surface area contributed by atoms with E-state index in [1.54, 1.807) is 19.1 Å². The van der Waals surface area contributed by atoms with E-state index in [1.807, 2.05) is 38.1 Å². The molecule has 0 fully saturated rings. The summed E-state index contributed by atoms with van der Waals surface area (Å²) in [5, 5.41) is 2.76. The maximum atomic E-state index is 12.3. The number of benzene rings is 2. The fourth-order valence-corrected chi connectivity index (χ4v) is 2.62. The molecule has 0 saturated carbocycles. The Kier molecular flexibility index (Phi) is 5.11. The number of nitrogens with one attached hydrogen (secondary N) is 1. The Morgan fingerprint density at radius 3 is 2.69 bits per heavy atom. The highest BCUT2D eigenvalue weighted by molar-refractivity contribution is 5.93. The van der Waals surface area contributed by atoms with Gasteiger partial charge in [0.2, 0.25) is 6.79 Å². The molecule has 1 N–H and O–H groups in total. The van der Waals surface area contributed by atoms with Crippen LogP contribution in [-0.4, -0.2) is 24.8 Å². The average molecular weight is 355 g/mol. The molecule has 0 aliphatic carbocycles. The third kappa shape index (κ3) is 3.96. The van der Waals surface area contributed by atoms with Crippen molar-refractivity contribution in [2.75, 3.05) is 6.79 Å². The molecular weight excluding hydrogens is 334 g/mol. The van der Waals surface area contributed by atoms with E-state index in [-0.39, 0.29) is 12.7 Å². The van der Waals surface area contributed by atoms with E-state index in [2.05, 4.69) is 5.32 Å². The number of fused-ring (bicyclic) bond motifs is 1. The van der Waals surface area contributed by atoms with Crippen molar-refractivity contribution in [2.45, 2.75) is 33.4 Å². The second kappa shape index (κ2) is 7.47. The van der Waals surface area contributed by atoms with Gasteiger partial charge in [-0.3, -0.25) is 4.79 Å². The smallest absolute Gasteiger partial charge is 0.339 e. The quantitative estimate of drug-likeness (QED) is 0.835. The fraction of sp³-hybridized carbons (Fsp3) is 0.300. The van der Waals surface area contributed by atoms with E-state index in [0.29, 0.717) is 23.6 Å². The second-order valence-corrected chi connectivity index (χ2v) is 6.27. The molecule has 1 amide bonds. The molecule has 1 atom stereocenters. The van der Waals surface area contributed by atoms with Crippen molar-refractivity contribution in [1.82, 2.24) is 5.32 Å². The van der Waals surface area contributed by atoms with Crippen molar-refractivity contribution in [3.8, 4) is 11.5 Å². The summed E-state index contributed by atoms with van der Waals surface area (Å²) in [4.78, 5) is 24.5. The number of carbonyl (C=O) groups excluding carboxylic acids is 2. The lowest BCUT2D eigenvalue weighted by Crippen LogP contribution is -2.35. The molecule has 6 nitrogen and oxygen atoms in total. The number of hydrogen-bond acceptors (Lipinski definition) is 5. The molecule has 1 heterocycles. The van der Waals surface area contributed by atoms with E-state index in [1.165, 1.54) is 0 Å². The lowest BCUT2D eigenvalue weighted by Gasteiger charge is -2.15. The number of esters is 1. The largest absolute Gasteiger partial charge is 0.454 e. The van der Waals surface area contributed by atoms with Gasteiger partial charge < -0.3 is 19.5 Å². The standard InChI is InChI=1S/C20H21NO5/c1-12-4-5-13(2)16(8-12)20(23)26-14(3)19(22)21-10-15-6-7-17-18(9-15)25-11-24-17/h4-9,14H,10-11H2,1-3H3,(H,21,22)/t14-/m1/s1. The van der Waals surface area contributed by atoms with Crippen molar-refractivity contribution in [3.63, 3.8) is 0 Å². The Hall–Kier alpha value is -3.02. The summed E-state index contributed by atoms with van der Waals surface area (Å²) < 4.78 is 15.9. The molecule has 136 valence electrons. The zero-order chi connectivity index (χ0) is 18.7. The van der Waals surface area contributed by atoms with Crippen molar-refractivity contribution in [3.05, 3.63) is 58.7 Å². The van der Waals surface area contributed by atoms with E-state index < -0.39 is 12.1 Å². The maximum absolute atomic E-state index is 12.3. The van der Waals surface area contributed by atoms with Crippen LogP contribution in [0.4, 0.5) is 0 Å². The Balaban J connectivity index is 1.56. The van der Waals surface area contributed by atoms with Gasteiger partial charge in [0.15, 0.2) is 17.6 Å². The normalized spacial score (nSPS) is 13.2. The molecule has 0 unspecified atom stereocenters. The minimum absolute atomic E-state index is 0.205. The Morgan fingerprint density at radius 2 is 1.88 bits per heavy atom. The summed E-state index contributed by atoms with van der Waals surface area (Å²) in [7, 11) is 0. The minimum Gasteiger partial charge on any atom is -0.454 e. The molecule has 2 aromatic carbocycles. The number of amides is 1. The zero-order valence-corrected chi connectivity index (χ0v) is 15.0. The molecule has 3 rings (SSSR count). The van der Waals surface area contributed by atoms with Gasteiger partial charge in [0, 0.05) is 6.54 Å². The Morgan fingerprint density at radius 1 is 1.12 bits per heavy atom. The first-order chi connectivity index (χ1) is 12.4. The monoisotopic (exact) mass is 355 g/mol. The van der Waals surface area contributed by atoms with Crippen molar-refractivity contribution in [1.29, 1.82) is 0 Å². The summed E-state index contributed by atoms with van der Waals surface area (Å²) >= 11 is 0. The van der Waals surface area contributed by atoms with Gasteiger partial charge in [0.1, 0.15) is 0 Å². The molecule has 0 aromatic heterocycles. The van der Waals surface area contributed by atoms with Crippen LogP contribution in [0.5, 0.6) is 11.5 Å². The van der Waals surface area contributed by atoms with Crippen LogP contribution in [0.1, 0.15) is 34.0 Å². The first kappa shape index (κ1) is 17.8. The maximum Gasteiger partial charge on any atom is 0.339 e. The molecule has 0 saturated heterocycles. The van der Waals surface area contributed by atoms with Crippen LogP contribution in [0.2, 0.25) is 0 Å². The van der Waals surface area contributed by atoms with Crippen LogP contribution >= 0.6 is 0 Å². The van der Waals surface area contributed by atoms with Crippen molar-refractivity contribution < 1.29 is 23.8 Å². The van der Waals surface area contributed by atoms with Crippen LogP contribution in [0, 0.1) is 13.8 Å². The molecule has 2 aromatic rings. The molecule has 0 radical (unpaired) electrons. The number of rotatable bonds is 5. The lowest BCUT2D eigenvalue weighted by molar-refractivity contribution is -0.129. The molecule has 26 heavy (non-hydrogen) atoms. The van der Waals surface area contributed by atoms with Crippen LogP contribution in [-0.2, 0) is 16.1 Å². The van der Waals surface area contributed by atoms with Gasteiger partial charge in [-0.2, -0.15) is 0 Å². The number of carbonyl (C=O) groups is 2. The molecule has 1 aliphatic heterocycles. The summed E-state index contributed by atoms with van der Waals surface area (Å²) in [5.41, 5.74) is 3.12. The molecular formula is C20H21NO5. The van der Waals surface area contributed by atoms with Gasteiger partial charge >= 0.3 is 5.97 Å². The van der Waals surface area contributed by atoms with Gasteiger partial charge in [-0.1, -0.05) is 23.8 Å². The van der Waals surface area contributed by atoms with Crippen molar-refractivity contribution in [2.24, 2.45) is 0 Å². The highest BCUT2D eigenvalue weighted by atomic mass is 16.7. The average Bonchev–Trinajstić information content (AvgIpc) is 3.09. The van der Waals surface area contributed by atoms with Crippen LogP contribution in [0.25, 0.3) is 0 Å². The Bertz CT molecular complexity index is 846. The summed E-state index contributed by atoms with van der Waals surface area (Å²) in [6.07, 6.45) is -0.892. The lowest BCUT2D eigenvalue weighted by atomic mass is 10.1. The van der Waals surface area contributed by atoms with Gasteiger partial charge in [-0.15, -0.1) is 0 Å². The second-order valence-electron chi connectivity index (χ2n) is 6.27. The van der Waals surface area contributed by atoms with Gasteiger partial charge in [-0.05, 0) is 50.1 Å². The number of ether oxygens (including phenoxy) is 3. The van der Waals surface area contributed by atoms with E-state index in [4.69, 9.17) is 14.2 Å². The first-order valence-electron chi connectivity index (χ1n) is 8.38. The number of hydrogen-bond donors (Lipinski definition) is 1. The minimum atomic E-state index is -0.892. The SMILES string of the molecule is Cc1ccc(C)c(C(=O)O[C@H](C)C(=O)NCc2ccc3c(c2)OCO3)c1. The van der Waals surface area contributed by atoms with Gasteiger partial charge in [-0.25, -0.2) is 4.79 Å². The highest BCUT2D eigenvalue weighted by Gasteiger charge is 2.20. The number of aryl methyl sites for hydroxylation is 2. The topological polar surface area (TPSA) is 73.9 Å². The van der Waals surface area contributed by atoms with E-state index >= 15 is 0 Å². The molecule has 0 spiro atoms. The van der Waals surface area contributed by atoms with Crippen molar-refractivity contribution >= 4 is 11.9 Å². The molecule has 1 aliphatic rings. The zero-order valence-electron chi connectivity index (χ0n) is 15.0. The third-order valence-corrected chi connectivity index (χ3v) is 4.17. The predicted octanol–water partition coefficient (Wildman–Crippen LogP) is 2.89. The van der Waals surface area contributed by atoms with E-state index in [0.717, 1.165) is 16.7 Å². The first-order valence-corrected chi connectivity index (χ1v) is 8.38. The van der Waals surface area contributed by atoms with Crippen LogP contribution in [0.3, 0.4) is 0 Å². The van der Waals surface area contributed by atoms with E-state index in [9.17, 15) is 9.59 Å². The van der Waals surface area contributed by atoms with Crippen LogP contribution < -0.4 is 14.8 Å². The molecule has 6 heteroatoms. The highest BCUT2D eigenvalue weighted by Crippen LogP contribution is 2.32. The fourth-order valence-electron chi connectivity index (χ4n) is 2.62. The predicted molar refractivity (Wildman–Crippen MR) is 95.2 cm³/mol. The summed E-state index contributed by atoms with van der Waals surface area (Å²) in [6, 6.07) is 11.0. The molecule has 0 bridgehead atoms. The summed E-state index contributed by atoms with van der Waals surface area (Å²) in [6.45, 7) is 5.80. The van der Waals surface area contributed by atoms with Gasteiger partial charge in [0.05, 0.1) is 5.56 Å². The van der Waals surface area contributed by atoms with Crippen LogP contribution in [0.15, 0.2) is 36.4 Å². The van der Waals surface area contributed by atoms with Gasteiger partial charge in [0.25, 0.3) is 5.91 Å². The Labute approximate surface area is 152 Å².